The van der Waals surface area contributed by atoms with Gasteiger partial charge in [-0.3, -0.25) is 14.5 Å². The Balaban J connectivity index is 1.66. The van der Waals surface area contributed by atoms with Gasteiger partial charge in [0.25, 0.3) is 5.91 Å². The molecule has 0 fully saturated rings. The molecule has 1 amide bonds. The van der Waals surface area contributed by atoms with Crippen molar-refractivity contribution in [3.63, 3.8) is 0 Å². The third kappa shape index (κ3) is 2.48. The van der Waals surface area contributed by atoms with Crippen LogP contribution in [0.4, 0.5) is 0 Å². The summed E-state index contributed by atoms with van der Waals surface area (Å²) in [6.45, 7) is 1.44. The van der Waals surface area contributed by atoms with Crippen LogP contribution in [-0.2, 0) is 20.0 Å². The number of benzene rings is 1. The molecule has 1 aromatic carbocycles. The smallest absolute Gasteiger partial charge is 0.255 e. The number of rotatable bonds is 1. The Morgan fingerprint density at radius 3 is 2.87 bits per heavy atom. The molecule has 5 heteroatoms. The average Bonchev–Trinajstić information content (AvgIpc) is 2.82. The lowest BCUT2D eigenvalue weighted by Gasteiger charge is -2.21. The van der Waals surface area contributed by atoms with Gasteiger partial charge in [0.2, 0.25) is 0 Å². The van der Waals surface area contributed by atoms with Crippen LogP contribution in [0.2, 0.25) is 0 Å². The van der Waals surface area contributed by atoms with Crippen molar-refractivity contribution in [2.75, 3.05) is 6.54 Å². The first kappa shape index (κ1) is 13.9. The second kappa shape index (κ2) is 5.50. The maximum Gasteiger partial charge on any atom is 0.255 e. The van der Waals surface area contributed by atoms with Crippen LogP contribution in [0.15, 0.2) is 42.7 Å². The lowest BCUT2D eigenvalue weighted by atomic mass is 10.0. The summed E-state index contributed by atoms with van der Waals surface area (Å²) in [6.07, 6.45) is 5.39. The highest BCUT2D eigenvalue weighted by molar-refractivity contribution is 5.96. The van der Waals surface area contributed by atoms with E-state index in [4.69, 9.17) is 0 Å². The van der Waals surface area contributed by atoms with Gasteiger partial charge in [-0.1, -0.05) is 24.3 Å². The number of carbonyl (C=O) groups excluding carboxylic acids is 1. The Kier molecular flexibility index (Phi) is 3.33. The van der Waals surface area contributed by atoms with Crippen LogP contribution in [0.1, 0.15) is 27.9 Å². The number of fused-ring (bicyclic) bond motifs is 2. The van der Waals surface area contributed by atoms with Gasteiger partial charge in [0, 0.05) is 26.3 Å². The summed E-state index contributed by atoms with van der Waals surface area (Å²) >= 11 is 0. The van der Waals surface area contributed by atoms with Crippen LogP contribution in [0, 0.1) is 0 Å². The van der Waals surface area contributed by atoms with E-state index in [1.165, 1.54) is 11.1 Å². The second-order valence-corrected chi connectivity index (χ2v) is 6.00. The van der Waals surface area contributed by atoms with E-state index in [2.05, 4.69) is 28.3 Å². The molecule has 2 aromatic heterocycles. The largest absolute Gasteiger partial charge is 0.334 e. The molecule has 1 aliphatic heterocycles. The van der Waals surface area contributed by atoms with Gasteiger partial charge in [-0.05, 0) is 30.0 Å². The summed E-state index contributed by atoms with van der Waals surface area (Å²) in [5.74, 6) is 0.0392. The van der Waals surface area contributed by atoms with Gasteiger partial charge in [-0.25, -0.2) is 0 Å². The van der Waals surface area contributed by atoms with Gasteiger partial charge < -0.3 is 4.90 Å². The van der Waals surface area contributed by atoms with Crippen molar-refractivity contribution in [1.82, 2.24) is 19.7 Å². The van der Waals surface area contributed by atoms with Crippen molar-refractivity contribution >= 4 is 16.9 Å². The minimum atomic E-state index is 0.0392. The monoisotopic (exact) mass is 306 g/mol. The van der Waals surface area contributed by atoms with Gasteiger partial charge in [0.1, 0.15) is 5.52 Å². The lowest BCUT2D eigenvalue weighted by molar-refractivity contribution is 0.0745. The van der Waals surface area contributed by atoms with Gasteiger partial charge in [0.05, 0.1) is 17.3 Å². The van der Waals surface area contributed by atoms with Crippen molar-refractivity contribution in [1.29, 1.82) is 0 Å². The number of hydrogen-bond donors (Lipinski definition) is 0. The highest BCUT2D eigenvalue weighted by Gasteiger charge is 2.21. The van der Waals surface area contributed by atoms with Gasteiger partial charge in [-0.2, -0.15) is 5.10 Å². The van der Waals surface area contributed by atoms with Crippen LogP contribution in [0.25, 0.3) is 11.0 Å². The minimum absolute atomic E-state index is 0.0392. The SMILES string of the molecule is Cn1ncc2ncc(C(=O)N3CCCc4ccccc4C3)cc21. The van der Waals surface area contributed by atoms with Crippen molar-refractivity contribution in [2.45, 2.75) is 19.4 Å². The van der Waals surface area contributed by atoms with Crippen LogP contribution in [0.5, 0.6) is 0 Å². The highest BCUT2D eigenvalue weighted by Crippen LogP contribution is 2.21. The quantitative estimate of drug-likeness (QED) is 0.694. The van der Waals surface area contributed by atoms with E-state index in [1.807, 2.05) is 24.1 Å². The maximum absolute atomic E-state index is 12.9. The molecule has 4 rings (SSSR count). The molecule has 5 nitrogen and oxygen atoms in total. The number of aromatic nitrogens is 3. The molecule has 23 heavy (non-hydrogen) atoms. The Bertz CT molecular complexity index is 884. The summed E-state index contributed by atoms with van der Waals surface area (Å²) in [6, 6.07) is 10.3. The number of aryl methyl sites for hydroxylation is 2. The van der Waals surface area contributed by atoms with Crippen molar-refractivity contribution in [3.05, 3.63) is 59.4 Å². The Hall–Kier alpha value is -2.69. The predicted octanol–water partition coefficient (Wildman–Crippen LogP) is 2.56. The zero-order valence-corrected chi connectivity index (χ0v) is 13.1. The van der Waals surface area contributed by atoms with E-state index in [9.17, 15) is 4.79 Å². The van der Waals surface area contributed by atoms with Crippen molar-refractivity contribution < 1.29 is 4.79 Å². The number of nitrogens with zero attached hydrogens (tertiary/aromatic N) is 4. The molecule has 0 bridgehead atoms. The molecule has 0 spiro atoms. The highest BCUT2D eigenvalue weighted by atomic mass is 16.2. The first-order valence-electron chi connectivity index (χ1n) is 7.86. The van der Waals surface area contributed by atoms with Crippen LogP contribution >= 0.6 is 0 Å². The maximum atomic E-state index is 12.9. The standard InChI is InChI=1S/C18H18N4O/c1-21-17-9-15(10-19-16(17)11-20-21)18(23)22-8-4-7-13-5-2-3-6-14(13)12-22/h2-3,5-6,9-11H,4,7-8,12H2,1H3. The summed E-state index contributed by atoms with van der Waals surface area (Å²) in [4.78, 5) is 19.2. The molecule has 0 saturated carbocycles. The Labute approximate surface area is 134 Å². The molecular formula is C18H18N4O. The third-order valence-corrected chi connectivity index (χ3v) is 4.49. The summed E-state index contributed by atoms with van der Waals surface area (Å²) < 4.78 is 1.75. The molecule has 0 radical (unpaired) electrons. The molecule has 0 aliphatic carbocycles. The number of pyridine rings is 1. The number of amides is 1. The molecule has 0 unspecified atom stereocenters. The van der Waals surface area contributed by atoms with E-state index in [1.54, 1.807) is 17.1 Å². The van der Waals surface area contributed by atoms with Crippen molar-refractivity contribution in [3.8, 4) is 0 Å². The van der Waals surface area contributed by atoms with E-state index in [-0.39, 0.29) is 5.91 Å². The van der Waals surface area contributed by atoms with E-state index < -0.39 is 0 Å². The number of hydrogen-bond acceptors (Lipinski definition) is 3. The minimum Gasteiger partial charge on any atom is -0.334 e. The molecule has 0 saturated heterocycles. The zero-order valence-electron chi connectivity index (χ0n) is 13.1. The fourth-order valence-electron chi connectivity index (χ4n) is 3.20. The normalized spacial score (nSPS) is 14.6. The second-order valence-electron chi connectivity index (χ2n) is 6.00. The summed E-state index contributed by atoms with van der Waals surface area (Å²) in [5.41, 5.74) is 4.91. The average molecular weight is 306 g/mol. The Morgan fingerprint density at radius 2 is 2.00 bits per heavy atom. The first-order chi connectivity index (χ1) is 11.2. The Morgan fingerprint density at radius 1 is 1.17 bits per heavy atom. The number of carbonyl (C=O) groups is 1. The van der Waals surface area contributed by atoms with Gasteiger partial charge >= 0.3 is 0 Å². The fraction of sp³-hybridized carbons (Fsp3) is 0.278. The molecular weight excluding hydrogens is 288 g/mol. The lowest BCUT2D eigenvalue weighted by Crippen LogP contribution is -2.30. The zero-order chi connectivity index (χ0) is 15.8. The van der Waals surface area contributed by atoms with Gasteiger partial charge in [0.15, 0.2) is 0 Å². The molecule has 0 atom stereocenters. The third-order valence-electron chi connectivity index (χ3n) is 4.49. The van der Waals surface area contributed by atoms with E-state index >= 15 is 0 Å². The molecule has 3 aromatic rings. The molecule has 3 heterocycles. The van der Waals surface area contributed by atoms with Crippen LogP contribution in [-0.4, -0.2) is 32.1 Å². The molecule has 116 valence electrons. The van der Waals surface area contributed by atoms with E-state index in [0.29, 0.717) is 12.1 Å². The first-order valence-corrected chi connectivity index (χ1v) is 7.86. The van der Waals surface area contributed by atoms with Crippen molar-refractivity contribution in [2.24, 2.45) is 7.05 Å². The molecule has 1 aliphatic rings. The topological polar surface area (TPSA) is 51.0 Å². The molecule has 0 N–H and O–H groups in total. The van der Waals surface area contributed by atoms with Crippen LogP contribution < -0.4 is 0 Å². The van der Waals surface area contributed by atoms with E-state index in [0.717, 1.165) is 30.4 Å². The fourth-order valence-corrected chi connectivity index (χ4v) is 3.20. The predicted molar refractivity (Wildman–Crippen MR) is 88.0 cm³/mol. The van der Waals surface area contributed by atoms with Crippen LogP contribution in [0.3, 0.4) is 0 Å². The summed E-state index contributed by atoms with van der Waals surface area (Å²) in [5, 5.41) is 4.18. The van der Waals surface area contributed by atoms with Gasteiger partial charge in [-0.15, -0.1) is 0 Å². The summed E-state index contributed by atoms with van der Waals surface area (Å²) in [7, 11) is 1.86.